The van der Waals surface area contributed by atoms with Crippen LogP contribution < -0.4 is 15.4 Å². The number of benzene rings is 2. The lowest BCUT2D eigenvalue weighted by Gasteiger charge is -2.40. The van der Waals surface area contributed by atoms with Gasteiger partial charge in [0.25, 0.3) is 5.91 Å². The highest BCUT2D eigenvalue weighted by Gasteiger charge is 2.37. The van der Waals surface area contributed by atoms with Gasteiger partial charge in [-0.15, -0.1) is 0 Å². The van der Waals surface area contributed by atoms with E-state index in [1.165, 1.54) is 22.8 Å². The van der Waals surface area contributed by atoms with Crippen LogP contribution in [0.4, 0.5) is 0 Å². The van der Waals surface area contributed by atoms with Gasteiger partial charge in [0.1, 0.15) is 10.6 Å². The van der Waals surface area contributed by atoms with Gasteiger partial charge in [-0.1, -0.05) is 61.7 Å². The second-order valence-corrected chi connectivity index (χ2v) is 14.3. The van der Waals surface area contributed by atoms with E-state index in [0.29, 0.717) is 26.0 Å². The Morgan fingerprint density at radius 1 is 1.04 bits per heavy atom. The molecular weight excluding hydrogens is 604 g/mol. The summed E-state index contributed by atoms with van der Waals surface area (Å²) in [6.45, 7) is 0.943. The van der Waals surface area contributed by atoms with Crippen molar-refractivity contribution >= 4 is 15.9 Å². The van der Waals surface area contributed by atoms with Crippen LogP contribution in [-0.2, 0) is 26.7 Å². The topological polar surface area (TPSA) is 130 Å². The highest BCUT2D eigenvalue weighted by molar-refractivity contribution is 7.89. The highest BCUT2D eigenvalue weighted by Crippen LogP contribution is 2.38. The van der Waals surface area contributed by atoms with E-state index in [0.717, 1.165) is 55.4 Å². The third-order valence-electron chi connectivity index (χ3n) is 9.32. The molecule has 2 heterocycles. The molecule has 11 heteroatoms. The molecule has 3 aromatic rings. The SMILES string of the molecule is COC[C@H]1CCCN1S(=O)(=O)c1cncc(C(=O)N[C@@H](Cc2ccccc2)[C@H](O)CNC2(c3cccc(OC)c3)CCCCC2)c1. The Balaban J connectivity index is 1.35. The number of sulfonamides is 1. The Bertz CT molecular complexity index is 1550. The van der Waals surface area contributed by atoms with E-state index in [2.05, 4.69) is 27.8 Å². The van der Waals surface area contributed by atoms with Crippen molar-refractivity contribution in [2.45, 2.75) is 80.0 Å². The van der Waals surface area contributed by atoms with Crippen LogP contribution in [0.15, 0.2) is 78.0 Å². The Hall–Kier alpha value is -3.35. The summed E-state index contributed by atoms with van der Waals surface area (Å²) in [6, 6.07) is 18.2. The first kappa shape index (κ1) is 34.0. The summed E-state index contributed by atoms with van der Waals surface area (Å²) in [4.78, 5) is 17.7. The lowest BCUT2D eigenvalue weighted by molar-refractivity contribution is 0.0788. The molecule has 1 saturated carbocycles. The van der Waals surface area contributed by atoms with Crippen LogP contribution in [0.5, 0.6) is 5.75 Å². The molecule has 5 rings (SSSR count). The quantitative estimate of drug-likeness (QED) is 0.239. The zero-order valence-electron chi connectivity index (χ0n) is 26.7. The molecule has 1 saturated heterocycles. The van der Waals surface area contributed by atoms with Crippen molar-refractivity contribution < 1.29 is 27.8 Å². The average Bonchev–Trinajstić information content (AvgIpc) is 3.57. The second kappa shape index (κ2) is 15.5. The van der Waals surface area contributed by atoms with Crippen LogP contribution in [0.2, 0.25) is 0 Å². The summed E-state index contributed by atoms with van der Waals surface area (Å²) in [6.07, 6.45) is 8.70. The van der Waals surface area contributed by atoms with Gasteiger partial charge in [-0.25, -0.2) is 8.42 Å². The molecule has 0 spiro atoms. The number of nitrogens with zero attached hydrogens (tertiary/aromatic N) is 2. The van der Waals surface area contributed by atoms with E-state index in [4.69, 9.17) is 9.47 Å². The summed E-state index contributed by atoms with van der Waals surface area (Å²) in [5.74, 6) is 0.287. The maximum absolute atomic E-state index is 13.7. The highest BCUT2D eigenvalue weighted by atomic mass is 32.2. The molecule has 1 amide bonds. The first-order valence-electron chi connectivity index (χ1n) is 16.1. The fraction of sp³-hybridized carbons (Fsp3) is 0.486. The lowest BCUT2D eigenvalue weighted by Crippen LogP contribution is -2.53. The third-order valence-corrected chi connectivity index (χ3v) is 11.2. The monoisotopic (exact) mass is 650 g/mol. The third kappa shape index (κ3) is 7.95. The van der Waals surface area contributed by atoms with Crippen LogP contribution in [0.1, 0.15) is 66.4 Å². The molecule has 1 aromatic heterocycles. The second-order valence-electron chi connectivity index (χ2n) is 12.4. The van der Waals surface area contributed by atoms with Crippen molar-refractivity contribution in [3.05, 3.63) is 89.7 Å². The molecule has 1 aliphatic heterocycles. The van der Waals surface area contributed by atoms with E-state index in [9.17, 15) is 18.3 Å². The number of methoxy groups -OCH3 is 2. The number of ether oxygens (including phenoxy) is 2. The van der Waals surface area contributed by atoms with Gasteiger partial charge < -0.3 is 25.2 Å². The molecule has 10 nitrogen and oxygen atoms in total. The summed E-state index contributed by atoms with van der Waals surface area (Å²) in [5, 5.41) is 18.3. The van der Waals surface area contributed by atoms with Gasteiger partial charge in [-0.3, -0.25) is 9.78 Å². The molecule has 0 bridgehead atoms. The average molecular weight is 651 g/mol. The van der Waals surface area contributed by atoms with Gasteiger partial charge in [-0.2, -0.15) is 4.31 Å². The minimum absolute atomic E-state index is 0.0393. The molecule has 2 fully saturated rings. The van der Waals surface area contributed by atoms with Crippen molar-refractivity contribution in [1.82, 2.24) is 19.9 Å². The maximum atomic E-state index is 13.7. The van der Waals surface area contributed by atoms with Crippen LogP contribution in [-0.4, -0.2) is 80.8 Å². The minimum Gasteiger partial charge on any atom is -0.497 e. The van der Waals surface area contributed by atoms with Crippen LogP contribution in [0.25, 0.3) is 0 Å². The predicted molar refractivity (Wildman–Crippen MR) is 176 cm³/mol. The Morgan fingerprint density at radius 3 is 2.57 bits per heavy atom. The molecule has 3 atom stereocenters. The lowest BCUT2D eigenvalue weighted by atomic mass is 9.76. The molecule has 2 aliphatic rings. The molecule has 0 unspecified atom stereocenters. The van der Waals surface area contributed by atoms with Crippen LogP contribution in [0.3, 0.4) is 0 Å². The largest absolute Gasteiger partial charge is 0.497 e. The van der Waals surface area contributed by atoms with Crippen molar-refractivity contribution in [3.8, 4) is 5.75 Å². The van der Waals surface area contributed by atoms with Gasteiger partial charge in [-0.05, 0) is 61.4 Å². The summed E-state index contributed by atoms with van der Waals surface area (Å²) < 4.78 is 39.2. The molecular formula is C35H46N4O6S. The van der Waals surface area contributed by atoms with Crippen molar-refractivity contribution in [2.24, 2.45) is 0 Å². The number of hydrogen-bond donors (Lipinski definition) is 3. The molecule has 2 aromatic carbocycles. The number of aliphatic hydroxyl groups excluding tert-OH is 1. The fourth-order valence-electron chi connectivity index (χ4n) is 6.79. The van der Waals surface area contributed by atoms with Crippen molar-refractivity contribution in [2.75, 3.05) is 33.9 Å². The van der Waals surface area contributed by atoms with Gasteiger partial charge in [0, 0.05) is 44.2 Å². The molecule has 248 valence electrons. The van der Waals surface area contributed by atoms with Gasteiger partial charge >= 0.3 is 0 Å². The van der Waals surface area contributed by atoms with Crippen molar-refractivity contribution in [1.29, 1.82) is 0 Å². The molecule has 1 aliphatic carbocycles. The van der Waals surface area contributed by atoms with E-state index >= 15 is 0 Å². The number of carbonyl (C=O) groups is 1. The van der Waals surface area contributed by atoms with E-state index in [-0.39, 0.29) is 28.6 Å². The number of aromatic nitrogens is 1. The van der Waals surface area contributed by atoms with E-state index in [1.54, 1.807) is 14.2 Å². The number of amides is 1. The normalized spacial score (nSPS) is 19.8. The number of nitrogens with one attached hydrogen (secondary N) is 2. The first-order chi connectivity index (χ1) is 22.3. The smallest absolute Gasteiger partial charge is 0.253 e. The predicted octanol–water partition coefficient (Wildman–Crippen LogP) is 4.04. The van der Waals surface area contributed by atoms with Crippen LogP contribution in [0, 0.1) is 0 Å². The zero-order chi connectivity index (χ0) is 32.6. The number of rotatable bonds is 14. The van der Waals surface area contributed by atoms with Crippen LogP contribution >= 0.6 is 0 Å². The number of hydrogen-bond acceptors (Lipinski definition) is 8. The van der Waals surface area contributed by atoms with Crippen molar-refractivity contribution in [3.63, 3.8) is 0 Å². The molecule has 0 radical (unpaired) electrons. The fourth-order valence-corrected chi connectivity index (χ4v) is 8.46. The van der Waals surface area contributed by atoms with E-state index < -0.39 is 28.1 Å². The van der Waals surface area contributed by atoms with Gasteiger partial charge in [0.2, 0.25) is 10.0 Å². The number of aliphatic hydroxyl groups is 1. The summed E-state index contributed by atoms with van der Waals surface area (Å²) >= 11 is 0. The first-order valence-corrected chi connectivity index (χ1v) is 17.6. The van der Waals surface area contributed by atoms with Gasteiger partial charge in [0.15, 0.2) is 0 Å². The molecule has 46 heavy (non-hydrogen) atoms. The standard InChI is InChI=1S/C35H46N4O6S/c1-44-25-29-14-10-18-39(29)46(42,43)31-20-27(22-36-23-31)34(41)38-32(19-26-11-5-3-6-12-26)33(40)24-37-35(16-7-4-8-17-35)28-13-9-15-30(21-28)45-2/h3,5-6,9,11-13,15,20-23,29,32-33,37,40H,4,7-8,10,14,16-19,24-25H2,1-2H3,(H,38,41)/t29-,32+,33-/m1/s1. The van der Waals surface area contributed by atoms with E-state index in [1.807, 2.05) is 42.5 Å². The Labute approximate surface area is 272 Å². The Kier molecular flexibility index (Phi) is 11.5. The number of carbonyl (C=O) groups excluding carboxylic acids is 1. The minimum atomic E-state index is -3.88. The van der Waals surface area contributed by atoms with Gasteiger partial charge in [0.05, 0.1) is 31.4 Å². The Morgan fingerprint density at radius 2 is 1.83 bits per heavy atom. The maximum Gasteiger partial charge on any atom is 0.253 e. The molecule has 3 N–H and O–H groups in total. The summed E-state index contributed by atoms with van der Waals surface area (Å²) in [7, 11) is -0.663. The summed E-state index contributed by atoms with van der Waals surface area (Å²) in [5.41, 5.74) is 1.87. The zero-order valence-corrected chi connectivity index (χ0v) is 27.5. The number of pyridine rings is 1.